The molecular weight excluding hydrogens is 294 g/mol. The number of aromatic nitrogens is 1. The van der Waals surface area contributed by atoms with E-state index in [4.69, 9.17) is 0 Å². The van der Waals surface area contributed by atoms with Gasteiger partial charge in [0, 0.05) is 31.5 Å². The molecule has 1 saturated heterocycles. The van der Waals surface area contributed by atoms with E-state index in [9.17, 15) is 4.79 Å². The second kappa shape index (κ2) is 7.97. The van der Waals surface area contributed by atoms with Crippen LogP contribution in [0, 0.1) is 5.92 Å². The summed E-state index contributed by atoms with van der Waals surface area (Å²) in [7, 11) is 0. The molecule has 0 spiro atoms. The molecule has 0 bridgehead atoms. The van der Waals surface area contributed by atoms with Crippen molar-refractivity contribution in [3.05, 3.63) is 30.1 Å². The summed E-state index contributed by atoms with van der Waals surface area (Å²) in [6.45, 7) is 2.99. The first-order chi connectivity index (χ1) is 10.8. The summed E-state index contributed by atoms with van der Waals surface area (Å²) in [6.07, 6.45) is 8.71. The molecule has 1 saturated carbocycles. The lowest BCUT2D eigenvalue weighted by molar-refractivity contribution is -0.119. The monoisotopic (exact) mass is 319 g/mol. The van der Waals surface area contributed by atoms with Gasteiger partial charge in [-0.25, -0.2) is 0 Å². The van der Waals surface area contributed by atoms with Gasteiger partial charge in [0.1, 0.15) is 0 Å². The topological polar surface area (TPSA) is 45.2 Å². The minimum atomic E-state index is 0.207. The standard InChI is InChI=1S/C17H25N3OS/c21-17(13-22-12-14-5-6-14)19-16-4-2-8-20(11-16)10-15-3-1-7-18-9-15/h1,3,7,9,14,16H,2,4-6,8,10-13H2,(H,19,21)/t16-/m1/s1. The van der Waals surface area contributed by atoms with Crippen LogP contribution in [0.4, 0.5) is 0 Å². The van der Waals surface area contributed by atoms with Crippen molar-refractivity contribution in [1.82, 2.24) is 15.2 Å². The van der Waals surface area contributed by atoms with E-state index in [2.05, 4.69) is 21.3 Å². The largest absolute Gasteiger partial charge is 0.351 e. The highest BCUT2D eigenvalue weighted by molar-refractivity contribution is 7.99. The van der Waals surface area contributed by atoms with Gasteiger partial charge in [0.2, 0.25) is 5.91 Å². The molecule has 2 fully saturated rings. The van der Waals surface area contributed by atoms with Crippen LogP contribution in [0.25, 0.3) is 0 Å². The highest BCUT2D eigenvalue weighted by atomic mass is 32.2. The van der Waals surface area contributed by atoms with Crippen molar-refractivity contribution in [3.63, 3.8) is 0 Å². The van der Waals surface area contributed by atoms with Crippen LogP contribution in [0.3, 0.4) is 0 Å². The molecule has 22 heavy (non-hydrogen) atoms. The predicted molar refractivity (Wildman–Crippen MR) is 90.7 cm³/mol. The molecule has 1 aromatic heterocycles. The summed E-state index contributed by atoms with van der Waals surface area (Å²) in [6, 6.07) is 4.40. The summed E-state index contributed by atoms with van der Waals surface area (Å²) in [5, 5.41) is 3.21. The lowest BCUT2D eigenvalue weighted by Gasteiger charge is -2.33. The normalized spacial score (nSPS) is 22.5. The van der Waals surface area contributed by atoms with Crippen molar-refractivity contribution < 1.29 is 4.79 Å². The highest BCUT2D eigenvalue weighted by Gasteiger charge is 2.23. The van der Waals surface area contributed by atoms with Gasteiger partial charge in [0.25, 0.3) is 0 Å². The van der Waals surface area contributed by atoms with E-state index in [0.717, 1.165) is 44.1 Å². The van der Waals surface area contributed by atoms with Crippen LogP contribution < -0.4 is 5.32 Å². The average molecular weight is 319 g/mol. The Kier molecular flexibility index (Phi) is 5.73. The Hall–Kier alpha value is -1.07. The minimum absolute atomic E-state index is 0.207. The Bertz CT molecular complexity index is 478. The molecule has 1 amide bonds. The molecule has 3 rings (SSSR count). The van der Waals surface area contributed by atoms with Crippen LogP contribution >= 0.6 is 11.8 Å². The van der Waals surface area contributed by atoms with Crippen molar-refractivity contribution in [2.24, 2.45) is 5.92 Å². The number of carbonyl (C=O) groups is 1. The Morgan fingerprint density at radius 3 is 3.09 bits per heavy atom. The van der Waals surface area contributed by atoms with Gasteiger partial charge in [-0.1, -0.05) is 6.07 Å². The quantitative estimate of drug-likeness (QED) is 0.838. The van der Waals surface area contributed by atoms with Crippen molar-refractivity contribution >= 4 is 17.7 Å². The fraction of sp³-hybridized carbons (Fsp3) is 0.647. The number of hydrogen-bond donors (Lipinski definition) is 1. The number of carbonyl (C=O) groups excluding carboxylic acids is 1. The third kappa shape index (κ3) is 5.29. The van der Waals surface area contributed by atoms with Crippen molar-refractivity contribution in [3.8, 4) is 0 Å². The third-order valence-corrected chi connectivity index (χ3v) is 5.46. The first-order valence-electron chi connectivity index (χ1n) is 8.28. The number of piperidine rings is 1. The zero-order chi connectivity index (χ0) is 15.2. The molecule has 1 aromatic rings. The molecule has 1 aliphatic carbocycles. The van der Waals surface area contributed by atoms with E-state index in [1.165, 1.54) is 18.4 Å². The Labute approximate surface area is 137 Å². The lowest BCUT2D eigenvalue weighted by Crippen LogP contribution is -2.47. The zero-order valence-corrected chi connectivity index (χ0v) is 13.9. The highest BCUT2D eigenvalue weighted by Crippen LogP contribution is 2.32. The average Bonchev–Trinajstić information content (AvgIpc) is 3.33. The van der Waals surface area contributed by atoms with E-state index in [0.29, 0.717) is 11.8 Å². The van der Waals surface area contributed by atoms with Crippen LogP contribution in [0.1, 0.15) is 31.2 Å². The number of nitrogens with zero attached hydrogens (tertiary/aromatic N) is 2. The Balaban J connectivity index is 1.38. The van der Waals surface area contributed by atoms with Gasteiger partial charge in [0.15, 0.2) is 0 Å². The smallest absolute Gasteiger partial charge is 0.230 e. The van der Waals surface area contributed by atoms with Gasteiger partial charge in [-0.3, -0.25) is 14.7 Å². The maximum atomic E-state index is 12.0. The number of amides is 1. The Morgan fingerprint density at radius 1 is 1.41 bits per heavy atom. The molecule has 1 atom stereocenters. The molecule has 0 radical (unpaired) electrons. The summed E-state index contributed by atoms with van der Waals surface area (Å²) in [4.78, 5) is 18.6. The molecular formula is C17H25N3OS. The zero-order valence-electron chi connectivity index (χ0n) is 13.0. The summed E-state index contributed by atoms with van der Waals surface area (Å²) in [5.41, 5.74) is 1.24. The minimum Gasteiger partial charge on any atom is -0.351 e. The molecule has 1 aliphatic heterocycles. The number of likely N-dealkylation sites (tertiary alicyclic amines) is 1. The molecule has 0 unspecified atom stereocenters. The van der Waals surface area contributed by atoms with Crippen LogP contribution in [-0.4, -0.2) is 46.4 Å². The number of thioether (sulfide) groups is 1. The molecule has 4 nitrogen and oxygen atoms in total. The maximum Gasteiger partial charge on any atom is 0.230 e. The number of rotatable bonds is 7. The Morgan fingerprint density at radius 2 is 2.32 bits per heavy atom. The molecule has 2 aliphatic rings. The molecule has 2 heterocycles. The van der Waals surface area contributed by atoms with Crippen LogP contribution in [0.15, 0.2) is 24.5 Å². The van der Waals surface area contributed by atoms with E-state index in [1.54, 1.807) is 11.8 Å². The van der Waals surface area contributed by atoms with Crippen LogP contribution in [-0.2, 0) is 11.3 Å². The second-order valence-electron chi connectivity index (χ2n) is 6.46. The first-order valence-corrected chi connectivity index (χ1v) is 9.43. The van der Waals surface area contributed by atoms with Gasteiger partial charge >= 0.3 is 0 Å². The van der Waals surface area contributed by atoms with Gasteiger partial charge in [-0.2, -0.15) is 11.8 Å². The molecule has 1 N–H and O–H groups in total. The fourth-order valence-electron chi connectivity index (χ4n) is 2.94. The van der Waals surface area contributed by atoms with E-state index in [-0.39, 0.29) is 5.91 Å². The number of hydrogen-bond acceptors (Lipinski definition) is 4. The van der Waals surface area contributed by atoms with E-state index < -0.39 is 0 Å². The van der Waals surface area contributed by atoms with Gasteiger partial charge in [-0.05, 0) is 55.5 Å². The molecule has 120 valence electrons. The predicted octanol–water partition coefficient (Wildman–Crippen LogP) is 2.31. The van der Waals surface area contributed by atoms with Gasteiger partial charge in [-0.15, -0.1) is 0 Å². The van der Waals surface area contributed by atoms with Crippen LogP contribution in [0.2, 0.25) is 0 Å². The lowest BCUT2D eigenvalue weighted by atomic mass is 10.1. The third-order valence-electron chi connectivity index (χ3n) is 4.28. The van der Waals surface area contributed by atoms with Gasteiger partial charge in [0.05, 0.1) is 5.75 Å². The van der Waals surface area contributed by atoms with E-state index >= 15 is 0 Å². The fourth-order valence-corrected chi connectivity index (χ4v) is 3.99. The SMILES string of the molecule is O=C(CSCC1CC1)N[C@@H]1CCCN(Cc2cccnc2)C1. The maximum absolute atomic E-state index is 12.0. The number of pyridine rings is 1. The van der Waals surface area contributed by atoms with Crippen molar-refractivity contribution in [2.45, 2.75) is 38.3 Å². The van der Waals surface area contributed by atoms with Crippen LogP contribution in [0.5, 0.6) is 0 Å². The van der Waals surface area contributed by atoms with Crippen molar-refractivity contribution in [2.75, 3.05) is 24.6 Å². The molecule has 0 aromatic carbocycles. The van der Waals surface area contributed by atoms with Crippen molar-refractivity contribution in [1.29, 1.82) is 0 Å². The number of nitrogens with one attached hydrogen (secondary N) is 1. The first kappa shape index (κ1) is 15.8. The molecule has 5 heteroatoms. The van der Waals surface area contributed by atoms with Gasteiger partial charge < -0.3 is 5.32 Å². The summed E-state index contributed by atoms with van der Waals surface area (Å²) >= 11 is 1.79. The summed E-state index contributed by atoms with van der Waals surface area (Å²) in [5.74, 6) is 2.88. The van der Waals surface area contributed by atoms with E-state index in [1.807, 2.05) is 18.5 Å². The second-order valence-corrected chi connectivity index (χ2v) is 7.49. The summed E-state index contributed by atoms with van der Waals surface area (Å²) < 4.78 is 0.